The molecule has 0 bridgehead atoms. The maximum absolute atomic E-state index is 13.7. The number of rotatable bonds is 14. The van der Waals surface area contributed by atoms with E-state index in [2.05, 4.69) is 15.5 Å². The summed E-state index contributed by atoms with van der Waals surface area (Å²) in [4.78, 5) is 91.1. The van der Waals surface area contributed by atoms with Gasteiger partial charge >= 0.3 is 18.0 Å². The number of amides is 6. The Morgan fingerprint density at radius 1 is 0.791 bits per heavy atom. The average molecular weight is 593 g/mol. The molecule has 2 heterocycles. The van der Waals surface area contributed by atoms with E-state index < -0.39 is 35.3 Å². The van der Waals surface area contributed by atoms with E-state index in [1.807, 2.05) is 36.4 Å². The predicted octanol–water partition coefficient (Wildman–Crippen LogP) is 1.70. The zero-order chi connectivity index (χ0) is 30.8. The summed E-state index contributed by atoms with van der Waals surface area (Å²) in [6, 6.07) is 17.6. The molecule has 2 saturated heterocycles. The minimum atomic E-state index is -1.33. The second-order valence-electron chi connectivity index (χ2n) is 9.94. The number of unbranched alkanes of at least 4 members (excludes halogenated alkanes) is 1. The lowest BCUT2D eigenvalue weighted by Gasteiger charge is -2.28. The molecule has 0 atom stereocenters. The number of ether oxygens (including phenoxy) is 1. The predicted molar refractivity (Wildman–Crippen MR) is 148 cm³/mol. The highest BCUT2D eigenvalue weighted by atomic mass is 16.7. The number of hydrogen-bond donors (Lipinski definition) is 2. The standard InChI is InChI=1S/C30H32N4O9/c35-23(31-18-20-42-26(38)16-17-27(39)43-34-24(36)14-15-25(34)37)13-7-8-19-33-28(40)30(32-29(33)41,21-9-3-1-4-10-21)22-11-5-2-6-12-22/h1-6,9-12H,7-8,13-20H2,(H,31,35)(H,32,41). The summed E-state index contributed by atoms with van der Waals surface area (Å²) < 4.78 is 4.97. The van der Waals surface area contributed by atoms with Gasteiger partial charge in [0.15, 0.2) is 5.54 Å². The molecule has 0 aromatic heterocycles. The van der Waals surface area contributed by atoms with Gasteiger partial charge in [0, 0.05) is 25.8 Å². The minimum absolute atomic E-state index is 0.0285. The first kappa shape index (κ1) is 30.9. The van der Waals surface area contributed by atoms with Crippen LogP contribution in [0.15, 0.2) is 60.7 Å². The normalized spacial score (nSPS) is 15.8. The lowest BCUT2D eigenvalue weighted by atomic mass is 9.82. The first-order valence-corrected chi connectivity index (χ1v) is 14.0. The first-order valence-electron chi connectivity index (χ1n) is 14.0. The van der Waals surface area contributed by atoms with Gasteiger partial charge in [-0.25, -0.2) is 9.59 Å². The fourth-order valence-electron chi connectivity index (χ4n) is 4.79. The van der Waals surface area contributed by atoms with Gasteiger partial charge in [-0.15, -0.1) is 5.06 Å². The molecule has 4 rings (SSSR count). The number of carbonyl (C=O) groups excluding carboxylic acids is 7. The fraction of sp³-hybridized carbons (Fsp3) is 0.367. The van der Waals surface area contributed by atoms with Crippen molar-refractivity contribution in [2.24, 2.45) is 0 Å². The molecule has 2 N–H and O–H groups in total. The Labute approximate surface area is 247 Å². The molecule has 2 aliphatic heterocycles. The maximum Gasteiger partial charge on any atom is 0.333 e. The van der Waals surface area contributed by atoms with E-state index in [4.69, 9.17) is 4.74 Å². The van der Waals surface area contributed by atoms with Gasteiger partial charge in [0.1, 0.15) is 6.61 Å². The largest absolute Gasteiger partial charge is 0.464 e. The molecule has 13 nitrogen and oxygen atoms in total. The fourth-order valence-corrected chi connectivity index (χ4v) is 4.79. The van der Waals surface area contributed by atoms with Crippen molar-refractivity contribution in [2.45, 2.75) is 50.5 Å². The third kappa shape index (κ3) is 7.42. The van der Waals surface area contributed by atoms with Crippen molar-refractivity contribution in [2.75, 3.05) is 19.7 Å². The summed E-state index contributed by atoms with van der Waals surface area (Å²) in [5.74, 6) is -3.51. The van der Waals surface area contributed by atoms with E-state index in [9.17, 15) is 33.6 Å². The smallest absolute Gasteiger partial charge is 0.333 e. The van der Waals surface area contributed by atoms with Crippen LogP contribution in [0.25, 0.3) is 0 Å². The summed E-state index contributed by atoms with van der Waals surface area (Å²) in [5, 5.41) is 5.91. The van der Waals surface area contributed by atoms with Crippen LogP contribution < -0.4 is 10.6 Å². The molecule has 0 radical (unpaired) electrons. The topological polar surface area (TPSA) is 168 Å². The third-order valence-corrected chi connectivity index (χ3v) is 6.97. The average Bonchev–Trinajstić information content (AvgIpc) is 3.47. The van der Waals surface area contributed by atoms with Crippen LogP contribution in [0.5, 0.6) is 0 Å². The molecule has 2 aromatic rings. The van der Waals surface area contributed by atoms with Crippen molar-refractivity contribution < 1.29 is 43.1 Å². The van der Waals surface area contributed by atoms with Gasteiger partial charge in [-0.1, -0.05) is 60.7 Å². The molecule has 6 amide bonds. The van der Waals surface area contributed by atoms with E-state index >= 15 is 0 Å². The van der Waals surface area contributed by atoms with Gasteiger partial charge in [-0.05, 0) is 24.0 Å². The van der Waals surface area contributed by atoms with Gasteiger partial charge in [-0.3, -0.25) is 28.9 Å². The number of urea groups is 1. The van der Waals surface area contributed by atoms with Crippen molar-refractivity contribution in [3.63, 3.8) is 0 Å². The van der Waals surface area contributed by atoms with Crippen molar-refractivity contribution >= 4 is 41.6 Å². The molecule has 13 heteroatoms. The zero-order valence-corrected chi connectivity index (χ0v) is 23.4. The minimum Gasteiger partial charge on any atom is -0.464 e. The van der Waals surface area contributed by atoms with Crippen LogP contribution in [0.3, 0.4) is 0 Å². The van der Waals surface area contributed by atoms with Crippen LogP contribution in [0, 0.1) is 0 Å². The van der Waals surface area contributed by atoms with Crippen molar-refractivity contribution in [3.8, 4) is 0 Å². The van der Waals surface area contributed by atoms with E-state index in [0.29, 0.717) is 29.0 Å². The Hall–Kier alpha value is -5.07. The Morgan fingerprint density at radius 3 is 1.98 bits per heavy atom. The third-order valence-electron chi connectivity index (χ3n) is 6.97. The number of esters is 1. The van der Waals surface area contributed by atoms with E-state index in [1.165, 1.54) is 4.90 Å². The highest BCUT2D eigenvalue weighted by molar-refractivity contribution is 6.09. The summed E-state index contributed by atoms with van der Waals surface area (Å²) in [5.41, 5.74) is -0.0324. The Balaban J connectivity index is 1.14. The zero-order valence-electron chi connectivity index (χ0n) is 23.4. The van der Waals surface area contributed by atoms with Crippen LogP contribution in [-0.2, 0) is 43.9 Å². The highest BCUT2D eigenvalue weighted by Gasteiger charge is 2.53. The monoisotopic (exact) mass is 592 g/mol. The Kier molecular flexibility index (Phi) is 10.2. The Morgan fingerprint density at radius 2 is 1.37 bits per heavy atom. The summed E-state index contributed by atoms with van der Waals surface area (Å²) in [6.07, 6.45) is 0.208. The lowest BCUT2D eigenvalue weighted by Crippen LogP contribution is -2.45. The van der Waals surface area contributed by atoms with E-state index in [1.54, 1.807) is 24.3 Å². The molecular weight excluding hydrogens is 560 g/mol. The number of nitrogens with zero attached hydrogens (tertiary/aromatic N) is 2. The summed E-state index contributed by atoms with van der Waals surface area (Å²) in [7, 11) is 0. The molecule has 0 spiro atoms. The first-order chi connectivity index (χ1) is 20.7. The van der Waals surface area contributed by atoms with Gasteiger partial charge in [0.25, 0.3) is 17.7 Å². The quantitative estimate of drug-likeness (QED) is 0.144. The molecule has 0 unspecified atom stereocenters. The maximum atomic E-state index is 13.7. The van der Waals surface area contributed by atoms with Crippen LogP contribution in [-0.4, -0.2) is 71.3 Å². The number of carbonyl (C=O) groups is 7. The number of benzene rings is 2. The van der Waals surface area contributed by atoms with Crippen LogP contribution in [0.1, 0.15) is 56.1 Å². The van der Waals surface area contributed by atoms with E-state index in [0.717, 1.165) is 0 Å². The molecule has 0 saturated carbocycles. The molecule has 226 valence electrons. The van der Waals surface area contributed by atoms with Crippen LogP contribution in [0.4, 0.5) is 4.79 Å². The second-order valence-corrected chi connectivity index (χ2v) is 9.94. The SMILES string of the molecule is O=C(CCCCN1C(=O)NC(c2ccccc2)(c2ccccc2)C1=O)NCCOC(=O)CCC(=O)ON1C(=O)CCC1=O. The number of hydrogen-bond acceptors (Lipinski definition) is 9. The van der Waals surface area contributed by atoms with Crippen molar-refractivity contribution in [3.05, 3.63) is 71.8 Å². The molecule has 2 aliphatic rings. The van der Waals surface area contributed by atoms with Crippen molar-refractivity contribution in [1.29, 1.82) is 0 Å². The highest BCUT2D eigenvalue weighted by Crippen LogP contribution is 2.36. The molecule has 0 aliphatic carbocycles. The van der Waals surface area contributed by atoms with E-state index in [-0.39, 0.29) is 63.6 Å². The molecular formula is C30H32N4O9. The second kappa shape index (κ2) is 14.2. The molecule has 2 aromatic carbocycles. The lowest BCUT2D eigenvalue weighted by molar-refractivity contribution is -0.197. The summed E-state index contributed by atoms with van der Waals surface area (Å²) >= 11 is 0. The van der Waals surface area contributed by atoms with Crippen LogP contribution >= 0.6 is 0 Å². The van der Waals surface area contributed by atoms with Gasteiger partial charge in [0.2, 0.25) is 5.91 Å². The number of hydroxylamine groups is 2. The Bertz CT molecular complexity index is 1330. The van der Waals surface area contributed by atoms with Gasteiger partial charge in [-0.2, -0.15) is 0 Å². The molecule has 43 heavy (non-hydrogen) atoms. The van der Waals surface area contributed by atoms with Crippen LogP contribution in [0.2, 0.25) is 0 Å². The molecule has 2 fully saturated rings. The summed E-state index contributed by atoms with van der Waals surface area (Å²) in [6.45, 7) is 0.0706. The van der Waals surface area contributed by atoms with Gasteiger partial charge in [0.05, 0.1) is 19.4 Å². The van der Waals surface area contributed by atoms with Gasteiger partial charge < -0.3 is 20.2 Å². The number of nitrogens with one attached hydrogen (secondary N) is 2. The van der Waals surface area contributed by atoms with Crippen molar-refractivity contribution in [1.82, 2.24) is 20.6 Å². The number of imide groups is 2.